The van der Waals surface area contributed by atoms with Crippen molar-refractivity contribution in [2.75, 3.05) is 5.32 Å². The summed E-state index contributed by atoms with van der Waals surface area (Å²) in [6, 6.07) is 14.7. The lowest BCUT2D eigenvalue weighted by Crippen LogP contribution is -2.01. The van der Waals surface area contributed by atoms with Crippen LogP contribution in [0.4, 0.5) is 11.8 Å². The number of nitrogens with one attached hydrogen (secondary N) is 1. The molecule has 4 rings (SSSR count). The van der Waals surface area contributed by atoms with Crippen LogP contribution < -0.4 is 5.32 Å². The van der Waals surface area contributed by atoms with E-state index in [0.29, 0.717) is 23.8 Å². The molecular weight excluding hydrogens is 340 g/mol. The van der Waals surface area contributed by atoms with Crippen LogP contribution in [0.25, 0.3) is 10.8 Å². The van der Waals surface area contributed by atoms with E-state index in [4.69, 9.17) is 4.42 Å². The highest BCUT2D eigenvalue weighted by molar-refractivity contribution is 5.85. The van der Waals surface area contributed by atoms with E-state index in [2.05, 4.69) is 44.8 Å². The topological polar surface area (TPSA) is 84.1 Å². The van der Waals surface area contributed by atoms with Gasteiger partial charge in [-0.2, -0.15) is 0 Å². The average molecular weight is 360 g/mol. The van der Waals surface area contributed by atoms with Crippen molar-refractivity contribution in [1.82, 2.24) is 15.2 Å². The Balaban J connectivity index is 1.59. The number of rotatable bonds is 4. The van der Waals surface area contributed by atoms with E-state index in [1.165, 1.54) is 10.8 Å². The smallest absolute Gasteiger partial charge is 0.321 e. The molecule has 6 heteroatoms. The van der Waals surface area contributed by atoms with Crippen LogP contribution >= 0.6 is 0 Å². The van der Waals surface area contributed by atoms with Gasteiger partial charge in [0.25, 0.3) is 0 Å². The van der Waals surface area contributed by atoms with Crippen LogP contribution in [0, 0.1) is 20.8 Å². The summed E-state index contributed by atoms with van der Waals surface area (Å²) in [6.45, 7) is 5.49. The van der Waals surface area contributed by atoms with E-state index in [9.17, 15) is 5.11 Å². The molecule has 0 saturated carbocycles. The molecule has 0 atom stereocenters. The van der Waals surface area contributed by atoms with Crippen molar-refractivity contribution in [2.24, 2.45) is 0 Å². The Labute approximate surface area is 156 Å². The van der Waals surface area contributed by atoms with Crippen molar-refractivity contribution in [1.29, 1.82) is 0 Å². The van der Waals surface area contributed by atoms with E-state index < -0.39 is 0 Å². The van der Waals surface area contributed by atoms with Gasteiger partial charge in [-0.15, -0.1) is 5.10 Å². The quantitative estimate of drug-likeness (QED) is 0.554. The molecule has 6 nitrogen and oxygen atoms in total. The van der Waals surface area contributed by atoms with Crippen molar-refractivity contribution in [3.05, 3.63) is 70.7 Å². The summed E-state index contributed by atoms with van der Waals surface area (Å²) in [5, 5.41) is 23.6. The number of hydrogen-bond acceptors (Lipinski definition) is 6. The first-order valence-electron chi connectivity index (χ1n) is 8.75. The maximum absolute atomic E-state index is 9.99. The first-order valence-corrected chi connectivity index (χ1v) is 8.75. The predicted octanol–water partition coefficient (Wildman–Crippen LogP) is 4.58. The molecule has 0 aliphatic rings. The number of anilines is 2. The van der Waals surface area contributed by atoms with Crippen molar-refractivity contribution in [2.45, 2.75) is 27.2 Å². The van der Waals surface area contributed by atoms with E-state index in [0.717, 1.165) is 16.7 Å². The normalized spacial score (nSPS) is 11.1. The third kappa shape index (κ3) is 3.21. The van der Waals surface area contributed by atoms with Gasteiger partial charge in [0.15, 0.2) is 0 Å². The molecule has 0 spiro atoms. The Bertz CT molecular complexity index is 1130. The first kappa shape index (κ1) is 17.0. The van der Waals surface area contributed by atoms with Crippen LogP contribution in [0.3, 0.4) is 0 Å². The largest absolute Gasteiger partial charge is 0.506 e. The molecule has 0 unspecified atom stereocenters. The number of pyridine rings is 1. The maximum Gasteiger partial charge on any atom is 0.321 e. The van der Waals surface area contributed by atoms with E-state index in [-0.39, 0.29) is 11.8 Å². The third-order valence-corrected chi connectivity index (χ3v) is 4.81. The van der Waals surface area contributed by atoms with Gasteiger partial charge < -0.3 is 9.52 Å². The highest BCUT2D eigenvalue weighted by Crippen LogP contribution is 2.29. The van der Waals surface area contributed by atoms with Gasteiger partial charge in [-0.25, -0.2) is 4.98 Å². The molecule has 0 fully saturated rings. The summed E-state index contributed by atoms with van der Waals surface area (Å²) in [5.74, 6) is 1.34. The molecule has 4 aromatic rings. The van der Waals surface area contributed by atoms with Gasteiger partial charge in [-0.1, -0.05) is 47.6 Å². The number of fused-ring (bicyclic) bond motifs is 1. The van der Waals surface area contributed by atoms with Crippen LogP contribution in [0.5, 0.6) is 5.75 Å². The summed E-state index contributed by atoms with van der Waals surface area (Å²) in [7, 11) is 0. The van der Waals surface area contributed by atoms with Gasteiger partial charge in [0, 0.05) is 0 Å². The minimum Gasteiger partial charge on any atom is -0.506 e. The standard InChI is InChI=1S/C21H20N4O2/c1-12-13(2)20(22-14(3)19(12)26)23-21-25-24-18(27-21)11-16-9-6-8-15-7-4-5-10-17(15)16/h4-10,26H,11H2,1-3H3,(H,22,23,25). The lowest BCUT2D eigenvalue weighted by Gasteiger charge is -2.11. The molecule has 27 heavy (non-hydrogen) atoms. The minimum atomic E-state index is 0.209. The molecule has 0 amide bonds. The fourth-order valence-corrected chi connectivity index (χ4v) is 3.14. The van der Waals surface area contributed by atoms with Crippen LogP contribution in [-0.2, 0) is 6.42 Å². The van der Waals surface area contributed by atoms with Gasteiger partial charge in [0.05, 0.1) is 12.1 Å². The van der Waals surface area contributed by atoms with Crippen molar-refractivity contribution in [3.63, 3.8) is 0 Å². The minimum absolute atomic E-state index is 0.209. The average Bonchev–Trinajstić information content (AvgIpc) is 3.11. The zero-order chi connectivity index (χ0) is 19.0. The maximum atomic E-state index is 9.99. The lowest BCUT2D eigenvalue weighted by molar-refractivity contribution is 0.462. The van der Waals surface area contributed by atoms with E-state index in [1.54, 1.807) is 6.92 Å². The highest BCUT2D eigenvalue weighted by Gasteiger charge is 2.14. The molecule has 2 aromatic carbocycles. The number of aromatic hydroxyl groups is 1. The van der Waals surface area contributed by atoms with Crippen LogP contribution in [0.2, 0.25) is 0 Å². The number of benzene rings is 2. The molecule has 2 heterocycles. The Morgan fingerprint density at radius 1 is 0.963 bits per heavy atom. The third-order valence-electron chi connectivity index (χ3n) is 4.81. The Morgan fingerprint density at radius 3 is 2.59 bits per heavy atom. The number of hydrogen-bond donors (Lipinski definition) is 2. The van der Waals surface area contributed by atoms with Crippen LogP contribution in [-0.4, -0.2) is 20.3 Å². The lowest BCUT2D eigenvalue weighted by atomic mass is 10.0. The molecule has 0 radical (unpaired) electrons. The van der Waals surface area contributed by atoms with E-state index in [1.807, 2.05) is 32.0 Å². The molecule has 136 valence electrons. The predicted molar refractivity (Wildman–Crippen MR) is 104 cm³/mol. The van der Waals surface area contributed by atoms with Crippen LogP contribution in [0.15, 0.2) is 46.9 Å². The SMILES string of the molecule is Cc1nc(Nc2nnc(Cc3cccc4ccccc34)o2)c(C)c(C)c1O. The molecule has 2 aromatic heterocycles. The zero-order valence-electron chi connectivity index (χ0n) is 15.4. The van der Waals surface area contributed by atoms with Gasteiger partial charge in [-0.3, -0.25) is 5.32 Å². The monoisotopic (exact) mass is 360 g/mol. The number of aromatic nitrogens is 3. The van der Waals surface area contributed by atoms with Gasteiger partial charge in [0.1, 0.15) is 11.6 Å². The van der Waals surface area contributed by atoms with Crippen molar-refractivity contribution in [3.8, 4) is 5.75 Å². The van der Waals surface area contributed by atoms with Crippen LogP contribution in [0.1, 0.15) is 28.3 Å². The number of aryl methyl sites for hydroxylation is 1. The van der Waals surface area contributed by atoms with Gasteiger partial charge in [0.2, 0.25) is 5.89 Å². The fraction of sp³-hybridized carbons (Fsp3) is 0.190. The second-order valence-electron chi connectivity index (χ2n) is 6.59. The van der Waals surface area contributed by atoms with Crippen molar-refractivity contribution < 1.29 is 9.52 Å². The molecule has 0 aliphatic heterocycles. The highest BCUT2D eigenvalue weighted by atomic mass is 16.4. The zero-order valence-corrected chi connectivity index (χ0v) is 15.4. The van der Waals surface area contributed by atoms with Gasteiger partial charge >= 0.3 is 6.01 Å². The number of nitrogens with zero attached hydrogens (tertiary/aromatic N) is 3. The second kappa shape index (κ2) is 6.72. The molecule has 0 saturated heterocycles. The summed E-state index contributed by atoms with van der Waals surface area (Å²) in [5.41, 5.74) is 3.30. The molecule has 0 bridgehead atoms. The second-order valence-corrected chi connectivity index (χ2v) is 6.59. The summed E-state index contributed by atoms with van der Waals surface area (Å²) in [4.78, 5) is 4.37. The van der Waals surface area contributed by atoms with E-state index >= 15 is 0 Å². The summed E-state index contributed by atoms with van der Waals surface area (Å²) >= 11 is 0. The summed E-state index contributed by atoms with van der Waals surface area (Å²) in [6.07, 6.45) is 0.552. The Hall–Kier alpha value is -3.41. The fourth-order valence-electron chi connectivity index (χ4n) is 3.14. The Morgan fingerprint density at radius 2 is 1.74 bits per heavy atom. The van der Waals surface area contributed by atoms with Crippen molar-refractivity contribution >= 4 is 22.6 Å². The van der Waals surface area contributed by atoms with Gasteiger partial charge in [-0.05, 0) is 48.2 Å². The molecule has 0 aliphatic carbocycles. The Kier molecular flexibility index (Phi) is 4.24. The molecular formula is C21H20N4O2. The molecule has 2 N–H and O–H groups in total. The summed E-state index contributed by atoms with van der Waals surface area (Å²) < 4.78 is 5.77. The first-order chi connectivity index (χ1) is 13.0.